The van der Waals surface area contributed by atoms with Gasteiger partial charge in [-0.05, 0) is 25.7 Å². The predicted octanol–water partition coefficient (Wildman–Crippen LogP) is 0.282. The number of amides is 1. The molecular weight excluding hydrogens is 286 g/mol. The van der Waals surface area contributed by atoms with Crippen LogP contribution in [0.2, 0.25) is 0 Å². The molecule has 118 valence electrons. The lowest BCUT2D eigenvalue weighted by molar-refractivity contribution is -0.122. The molecule has 22 heavy (non-hydrogen) atoms. The monoisotopic (exact) mass is 305 g/mol. The first-order chi connectivity index (χ1) is 10.5. The van der Waals surface area contributed by atoms with Gasteiger partial charge in [-0.15, -0.1) is 0 Å². The minimum atomic E-state index is -0.275. The first-order valence-corrected chi connectivity index (χ1v) is 7.27. The van der Waals surface area contributed by atoms with E-state index in [1.54, 1.807) is 17.8 Å². The van der Waals surface area contributed by atoms with E-state index in [0.29, 0.717) is 24.2 Å². The van der Waals surface area contributed by atoms with E-state index in [4.69, 9.17) is 0 Å². The fourth-order valence-corrected chi connectivity index (χ4v) is 2.76. The molecule has 1 saturated carbocycles. The summed E-state index contributed by atoms with van der Waals surface area (Å²) in [4.78, 5) is 12.3. The maximum absolute atomic E-state index is 12.3. The van der Waals surface area contributed by atoms with E-state index >= 15 is 0 Å². The van der Waals surface area contributed by atoms with Crippen molar-refractivity contribution in [3.05, 3.63) is 29.3 Å². The first kappa shape index (κ1) is 14.7. The van der Waals surface area contributed by atoms with Gasteiger partial charge in [-0.1, -0.05) is 10.3 Å². The van der Waals surface area contributed by atoms with Gasteiger partial charge in [0.25, 0.3) is 0 Å². The van der Waals surface area contributed by atoms with Crippen molar-refractivity contribution in [2.75, 3.05) is 0 Å². The predicted molar refractivity (Wildman–Crippen MR) is 75.6 cm³/mol. The van der Waals surface area contributed by atoms with Crippen LogP contribution in [0.3, 0.4) is 0 Å². The van der Waals surface area contributed by atoms with Crippen molar-refractivity contribution in [2.24, 2.45) is 13.0 Å². The summed E-state index contributed by atoms with van der Waals surface area (Å²) in [5.41, 5.74) is 2.10. The molecule has 1 atom stereocenters. The van der Waals surface area contributed by atoms with E-state index in [2.05, 4.69) is 25.4 Å². The van der Waals surface area contributed by atoms with E-state index in [1.807, 2.05) is 13.2 Å². The van der Waals surface area contributed by atoms with Gasteiger partial charge in [-0.3, -0.25) is 9.48 Å². The number of carbonyl (C=O) groups is 1. The molecular formula is C14H19N5O3. The highest BCUT2D eigenvalue weighted by atomic mass is 16.6. The third kappa shape index (κ3) is 3.01. The third-order valence-corrected chi connectivity index (χ3v) is 4.10. The molecule has 0 saturated heterocycles. The van der Waals surface area contributed by atoms with Crippen LogP contribution in [0.1, 0.15) is 35.8 Å². The number of aliphatic hydroxyl groups excluding tert-OH is 1. The zero-order chi connectivity index (χ0) is 15.7. The van der Waals surface area contributed by atoms with Crippen LogP contribution in [-0.4, -0.2) is 37.2 Å². The maximum Gasteiger partial charge on any atom is 0.226 e. The molecule has 1 fully saturated rings. The zero-order valence-electron chi connectivity index (χ0n) is 12.6. The number of rotatable bonds is 5. The smallest absolute Gasteiger partial charge is 0.226 e. The summed E-state index contributed by atoms with van der Waals surface area (Å²) in [7, 11) is 1.84. The molecule has 2 aromatic heterocycles. The lowest BCUT2D eigenvalue weighted by Gasteiger charge is -2.37. The SMILES string of the molecule is Cc1nonc1CC(=O)N[C@H](c1cnn(C)c1)C1CC(O)C1. The van der Waals surface area contributed by atoms with E-state index in [-0.39, 0.29) is 30.4 Å². The standard InChI is InChI=1S/C14H19N5O3/c1-8-12(18-22-17-8)5-13(21)16-14(9-3-11(20)4-9)10-6-15-19(2)7-10/h6-7,9,11,14,20H,3-5H2,1-2H3,(H,16,21)/t9?,11?,14-/m0/s1. The van der Waals surface area contributed by atoms with Crippen molar-refractivity contribution in [2.45, 2.75) is 38.3 Å². The molecule has 0 aliphatic heterocycles. The van der Waals surface area contributed by atoms with Crippen molar-refractivity contribution >= 4 is 5.91 Å². The Hall–Kier alpha value is -2.22. The quantitative estimate of drug-likeness (QED) is 0.822. The van der Waals surface area contributed by atoms with Crippen molar-refractivity contribution in [1.29, 1.82) is 0 Å². The average Bonchev–Trinajstić information content (AvgIpc) is 3.02. The molecule has 2 N–H and O–H groups in total. The normalized spacial score (nSPS) is 22.1. The van der Waals surface area contributed by atoms with E-state index in [0.717, 1.165) is 5.56 Å². The van der Waals surface area contributed by atoms with Gasteiger partial charge in [0.15, 0.2) is 0 Å². The van der Waals surface area contributed by atoms with Gasteiger partial charge in [0.1, 0.15) is 11.4 Å². The zero-order valence-corrected chi connectivity index (χ0v) is 12.6. The number of aliphatic hydroxyl groups is 1. The van der Waals surface area contributed by atoms with Crippen LogP contribution < -0.4 is 5.32 Å². The molecule has 2 aromatic rings. The highest BCUT2D eigenvalue weighted by Gasteiger charge is 2.36. The molecule has 0 unspecified atom stereocenters. The van der Waals surface area contributed by atoms with Crippen LogP contribution in [-0.2, 0) is 18.3 Å². The number of aryl methyl sites for hydroxylation is 2. The number of hydrogen-bond acceptors (Lipinski definition) is 6. The van der Waals surface area contributed by atoms with E-state index in [9.17, 15) is 9.90 Å². The molecule has 0 spiro atoms. The van der Waals surface area contributed by atoms with Gasteiger partial charge in [0.05, 0.1) is 24.8 Å². The van der Waals surface area contributed by atoms with E-state index in [1.165, 1.54) is 0 Å². The molecule has 1 amide bonds. The first-order valence-electron chi connectivity index (χ1n) is 7.27. The second-order valence-corrected chi connectivity index (χ2v) is 5.85. The largest absolute Gasteiger partial charge is 0.393 e. The number of nitrogens with one attached hydrogen (secondary N) is 1. The summed E-state index contributed by atoms with van der Waals surface area (Å²) in [6.07, 6.45) is 4.86. The summed E-state index contributed by atoms with van der Waals surface area (Å²) in [5, 5.41) is 24.1. The molecule has 1 aliphatic carbocycles. The Balaban J connectivity index is 1.70. The topological polar surface area (TPSA) is 106 Å². The molecule has 2 heterocycles. The third-order valence-electron chi connectivity index (χ3n) is 4.10. The van der Waals surface area contributed by atoms with Crippen LogP contribution >= 0.6 is 0 Å². The van der Waals surface area contributed by atoms with Crippen LogP contribution in [0.5, 0.6) is 0 Å². The number of carbonyl (C=O) groups excluding carboxylic acids is 1. The van der Waals surface area contributed by atoms with Crippen LogP contribution in [0, 0.1) is 12.8 Å². The Morgan fingerprint density at radius 3 is 2.86 bits per heavy atom. The number of nitrogens with zero attached hydrogens (tertiary/aromatic N) is 4. The Morgan fingerprint density at radius 1 is 1.55 bits per heavy atom. The molecule has 3 rings (SSSR count). The minimum absolute atomic E-state index is 0.126. The van der Waals surface area contributed by atoms with Crippen LogP contribution in [0.4, 0.5) is 0 Å². The Morgan fingerprint density at radius 2 is 2.32 bits per heavy atom. The number of hydrogen-bond donors (Lipinski definition) is 2. The molecule has 8 heteroatoms. The van der Waals surface area contributed by atoms with Gasteiger partial charge < -0.3 is 10.4 Å². The summed E-state index contributed by atoms with van der Waals surface area (Å²) in [6, 6.07) is -0.148. The van der Waals surface area contributed by atoms with Gasteiger partial charge in [-0.25, -0.2) is 4.63 Å². The summed E-state index contributed by atoms with van der Waals surface area (Å²) in [5.74, 6) is 0.0775. The van der Waals surface area contributed by atoms with Gasteiger partial charge >= 0.3 is 0 Å². The Bertz CT molecular complexity index is 659. The highest BCUT2D eigenvalue weighted by Crippen LogP contribution is 2.37. The second kappa shape index (κ2) is 5.88. The highest BCUT2D eigenvalue weighted by molar-refractivity contribution is 5.78. The molecule has 1 aliphatic rings. The molecule has 0 aromatic carbocycles. The van der Waals surface area contributed by atoms with Crippen molar-refractivity contribution in [3.8, 4) is 0 Å². The minimum Gasteiger partial charge on any atom is -0.393 e. The Labute approximate surface area is 127 Å². The average molecular weight is 305 g/mol. The van der Waals surface area contributed by atoms with Crippen molar-refractivity contribution in [3.63, 3.8) is 0 Å². The molecule has 8 nitrogen and oxygen atoms in total. The van der Waals surface area contributed by atoms with Gasteiger partial charge in [0, 0.05) is 18.8 Å². The van der Waals surface area contributed by atoms with E-state index < -0.39 is 0 Å². The molecule has 0 bridgehead atoms. The summed E-state index contributed by atoms with van der Waals surface area (Å²) < 4.78 is 6.31. The van der Waals surface area contributed by atoms with Crippen molar-refractivity contribution < 1.29 is 14.5 Å². The number of aromatic nitrogens is 4. The van der Waals surface area contributed by atoms with Gasteiger partial charge in [-0.2, -0.15) is 5.10 Å². The molecule has 0 radical (unpaired) electrons. The van der Waals surface area contributed by atoms with Crippen molar-refractivity contribution in [1.82, 2.24) is 25.4 Å². The van der Waals surface area contributed by atoms with Gasteiger partial charge in [0.2, 0.25) is 5.91 Å². The maximum atomic E-state index is 12.3. The summed E-state index contributed by atoms with van der Waals surface area (Å²) in [6.45, 7) is 1.75. The second-order valence-electron chi connectivity index (χ2n) is 5.85. The summed E-state index contributed by atoms with van der Waals surface area (Å²) >= 11 is 0. The fourth-order valence-electron chi connectivity index (χ4n) is 2.76. The lowest BCUT2D eigenvalue weighted by Crippen LogP contribution is -2.41. The fraction of sp³-hybridized carbons (Fsp3) is 0.571. The Kier molecular flexibility index (Phi) is 3.93. The van der Waals surface area contributed by atoms with Crippen LogP contribution in [0.25, 0.3) is 0 Å². The van der Waals surface area contributed by atoms with Crippen LogP contribution in [0.15, 0.2) is 17.0 Å². The lowest BCUT2D eigenvalue weighted by atomic mass is 9.75.